The van der Waals surface area contributed by atoms with Crippen molar-refractivity contribution < 1.29 is 14.3 Å². The molecular formula is C18H25FN2O2. The molecule has 1 aromatic carbocycles. The van der Waals surface area contributed by atoms with Crippen LogP contribution < -0.4 is 0 Å². The Kier molecular flexibility index (Phi) is 5.28. The van der Waals surface area contributed by atoms with Crippen LogP contribution in [-0.4, -0.2) is 60.1 Å². The normalized spacial score (nSPS) is 25.7. The van der Waals surface area contributed by atoms with Crippen LogP contribution in [0.1, 0.15) is 29.6 Å². The lowest BCUT2D eigenvalue weighted by atomic mass is 9.95. The second-order valence-corrected chi connectivity index (χ2v) is 6.78. The largest absolute Gasteiger partial charge is 0.396 e. The maximum absolute atomic E-state index is 13.3. The second-order valence-electron chi connectivity index (χ2n) is 6.78. The van der Waals surface area contributed by atoms with Gasteiger partial charge in [-0.1, -0.05) is 12.5 Å². The molecule has 2 saturated heterocycles. The van der Waals surface area contributed by atoms with E-state index in [2.05, 4.69) is 4.90 Å². The van der Waals surface area contributed by atoms with E-state index < -0.39 is 5.82 Å². The molecule has 0 spiro atoms. The van der Waals surface area contributed by atoms with Gasteiger partial charge in [0.2, 0.25) is 0 Å². The van der Waals surface area contributed by atoms with Crippen LogP contribution in [0.15, 0.2) is 24.3 Å². The first kappa shape index (κ1) is 16.4. The zero-order valence-corrected chi connectivity index (χ0v) is 13.5. The van der Waals surface area contributed by atoms with E-state index in [9.17, 15) is 14.3 Å². The molecule has 126 valence electrons. The van der Waals surface area contributed by atoms with E-state index in [0.29, 0.717) is 24.6 Å². The van der Waals surface area contributed by atoms with Crippen LogP contribution in [0.25, 0.3) is 0 Å². The van der Waals surface area contributed by atoms with Crippen LogP contribution in [0.2, 0.25) is 0 Å². The summed E-state index contributed by atoms with van der Waals surface area (Å²) in [6.45, 7) is 4.49. The molecular weight excluding hydrogens is 295 g/mol. The maximum atomic E-state index is 13.3. The van der Waals surface area contributed by atoms with E-state index in [1.54, 1.807) is 17.0 Å². The van der Waals surface area contributed by atoms with Crippen LogP contribution >= 0.6 is 0 Å². The van der Waals surface area contributed by atoms with E-state index in [1.165, 1.54) is 31.4 Å². The summed E-state index contributed by atoms with van der Waals surface area (Å²) in [6.07, 6.45) is 3.78. The van der Waals surface area contributed by atoms with Crippen molar-refractivity contribution in [1.29, 1.82) is 0 Å². The first-order chi connectivity index (χ1) is 11.2. The predicted molar refractivity (Wildman–Crippen MR) is 86.7 cm³/mol. The molecule has 1 amide bonds. The number of nitrogens with zero attached hydrogens (tertiary/aromatic N) is 2. The molecule has 2 heterocycles. The smallest absolute Gasteiger partial charge is 0.253 e. The fourth-order valence-electron chi connectivity index (χ4n) is 3.80. The SMILES string of the molecule is O=C(c1cccc(F)c1)N1C[C@@H](CN2CCCCC2)[C@@H](CO)C1. The quantitative estimate of drug-likeness (QED) is 0.923. The summed E-state index contributed by atoms with van der Waals surface area (Å²) < 4.78 is 13.3. The van der Waals surface area contributed by atoms with Gasteiger partial charge in [-0.05, 0) is 50.0 Å². The van der Waals surface area contributed by atoms with Crippen molar-refractivity contribution in [2.75, 3.05) is 39.3 Å². The number of hydrogen-bond donors (Lipinski definition) is 1. The van der Waals surface area contributed by atoms with Crippen molar-refractivity contribution in [2.24, 2.45) is 11.8 Å². The summed E-state index contributed by atoms with van der Waals surface area (Å²) in [7, 11) is 0. The number of hydrogen-bond acceptors (Lipinski definition) is 3. The van der Waals surface area contributed by atoms with E-state index in [0.717, 1.165) is 19.6 Å². The fourth-order valence-corrected chi connectivity index (χ4v) is 3.80. The van der Waals surface area contributed by atoms with Crippen molar-refractivity contribution in [3.63, 3.8) is 0 Å². The number of halogens is 1. The lowest BCUT2D eigenvalue weighted by molar-refractivity contribution is 0.0778. The molecule has 3 rings (SSSR count). The molecule has 2 atom stereocenters. The number of aliphatic hydroxyl groups excluding tert-OH is 1. The van der Waals surface area contributed by atoms with Gasteiger partial charge in [-0.3, -0.25) is 4.79 Å². The van der Waals surface area contributed by atoms with Crippen molar-refractivity contribution >= 4 is 5.91 Å². The Balaban J connectivity index is 1.64. The first-order valence-electron chi connectivity index (χ1n) is 8.55. The summed E-state index contributed by atoms with van der Waals surface area (Å²) in [5, 5.41) is 9.66. The van der Waals surface area contributed by atoms with Crippen LogP contribution in [0.5, 0.6) is 0 Å². The highest BCUT2D eigenvalue weighted by Gasteiger charge is 2.36. The summed E-state index contributed by atoms with van der Waals surface area (Å²) in [4.78, 5) is 16.8. The third-order valence-corrected chi connectivity index (χ3v) is 5.11. The zero-order valence-electron chi connectivity index (χ0n) is 13.5. The topological polar surface area (TPSA) is 43.8 Å². The van der Waals surface area contributed by atoms with Gasteiger partial charge in [0, 0.05) is 37.7 Å². The molecule has 0 saturated carbocycles. The van der Waals surface area contributed by atoms with Gasteiger partial charge in [0.05, 0.1) is 0 Å². The minimum Gasteiger partial charge on any atom is -0.396 e. The summed E-state index contributed by atoms with van der Waals surface area (Å²) in [5.74, 6) is -0.104. The van der Waals surface area contributed by atoms with Crippen LogP contribution in [0.4, 0.5) is 4.39 Å². The van der Waals surface area contributed by atoms with Gasteiger partial charge in [-0.15, -0.1) is 0 Å². The predicted octanol–water partition coefficient (Wildman–Crippen LogP) is 1.99. The van der Waals surface area contributed by atoms with E-state index in [1.807, 2.05) is 0 Å². The second kappa shape index (κ2) is 7.41. The molecule has 2 fully saturated rings. The Morgan fingerprint density at radius 2 is 1.91 bits per heavy atom. The number of rotatable bonds is 4. The molecule has 2 aliphatic heterocycles. The molecule has 0 radical (unpaired) electrons. The number of piperidine rings is 1. The third-order valence-electron chi connectivity index (χ3n) is 5.11. The number of carbonyl (C=O) groups excluding carboxylic acids is 1. The van der Waals surface area contributed by atoms with Crippen LogP contribution in [-0.2, 0) is 0 Å². The highest BCUT2D eigenvalue weighted by Crippen LogP contribution is 2.26. The van der Waals surface area contributed by atoms with Crippen molar-refractivity contribution in [1.82, 2.24) is 9.80 Å². The van der Waals surface area contributed by atoms with Crippen LogP contribution in [0, 0.1) is 17.7 Å². The van der Waals surface area contributed by atoms with Gasteiger partial charge >= 0.3 is 0 Å². The van der Waals surface area contributed by atoms with Gasteiger partial charge in [0.1, 0.15) is 5.82 Å². The molecule has 0 unspecified atom stereocenters. The lowest BCUT2D eigenvalue weighted by Gasteiger charge is -2.30. The Morgan fingerprint density at radius 3 is 2.61 bits per heavy atom. The van der Waals surface area contributed by atoms with Gasteiger partial charge in [0.25, 0.3) is 5.91 Å². The van der Waals surface area contributed by atoms with Crippen molar-refractivity contribution in [2.45, 2.75) is 19.3 Å². The average Bonchev–Trinajstić information content (AvgIpc) is 2.98. The number of benzene rings is 1. The Labute approximate surface area is 136 Å². The molecule has 0 aromatic heterocycles. The lowest BCUT2D eigenvalue weighted by Crippen LogP contribution is -2.37. The third kappa shape index (κ3) is 3.90. The molecule has 1 aromatic rings. The first-order valence-corrected chi connectivity index (χ1v) is 8.55. The average molecular weight is 320 g/mol. The Morgan fingerprint density at radius 1 is 1.17 bits per heavy atom. The standard InChI is InChI=1S/C18H25FN2O2/c19-17-6-4-5-14(9-17)18(23)21-11-15(16(12-21)13-22)10-20-7-2-1-3-8-20/h4-6,9,15-16,22H,1-3,7-8,10-13H2/t15-,16-/m1/s1. The molecule has 23 heavy (non-hydrogen) atoms. The number of likely N-dealkylation sites (tertiary alicyclic amines) is 2. The Hall–Kier alpha value is -1.46. The molecule has 5 heteroatoms. The van der Waals surface area contributed by atoms with Gasteiger partial charge < -0.3 is 14.9 Å². The number of carbonyl (C=O) groups is 1. The summed E-state index contributed by atoms with van der Waals surface area (Å²) >= 11 is 0. The summed E-state index contributed by atoms with van der Waals surface area (Å²) in [5.41, 5.74) is 0.389. The Bertz CT molecular complexity index is 546. The van der Waals surface area contributed by atoms with Crippen LogP contribution in [0.3, 0.4) is 0 Å². The van der Waals surface area contributed by atoms with Gasteiger partial charge in [0.15, 0.2) is 0 Å². The molecule has 0 bridgehead atoms. The molecule has 4 nitrogen and oxygen atoms in total. The van der Waals surface area contributed by atoms with E-state index in [4.69, 9.17) is 0 Å². The van der Waals surface area contributed by atoms with Gasteiger partial charge in [-0.25, -0.2) is 4.39 Å². The zero-order chi connectivity index (χ0) is 16.2. The highest BCUT2D eigenvalue weighted by molar-refractivity contribution is 5.94. The fraction of sp³-hybridized carbons (Fsp3) is 0.611. The van der Waals surface area contributed by atoms with Crippen molar-refractivity contribution in [3.8, 4) is 0 Å². The molecule has 2 aliphatic rings. The van der Waals surface area contributed by atoms with E-state index in [-0.39, 0.29) is 18.4 Å². The highest BCUT2D eigenvalue weighted by atomic mass is 19.1. The maximum Gasteiger partial charge on any atom is 0.253 e. The minimum atomic E-state index is -0.390. The van der Waals surface area contributed by atoms with E-state index >= 15 is 0 Å². The number of aliphatic hydroxyl groups is 1. The summed E-state index contributed by atoms with van der Waals surface area (Å²) in [6, 6.07) is 5.84. The number of amides is 1. The van der Waals surface area contributed by atoms with Gasteiger partial charge in [-0.2, -0.15) is 0 Å². The monoisotopic (exact) mass is 320 g/mol. The molecule has 0 aliphatic carbocycles. The van der Waals surface area contributed by atoms with Crippen molar-refractivity contribution in [3.05, 3.63) is 35.6 Å². The minimum absolute atomic E-state index is 0.103. The molecule has 1 N–H and O–H groups in total.